The lowest BCUT2D eigenvalue weighted by atomic mass is 10.2. The molecule has 5 heteroatoms. The summed E-state index contributed by atoms with van der Waals surface area (Å²) in [5, 5.41) is 2.05. The quantitative estimate of drug-likeness (QED) is 0.873. The van der Waals surface area contributed by atoms with E-state index in [0.29, 0.717) is 5.92 Å². The summed E-state index contributed by atoms with van der Waals surface area (Å²) in [6, 6.07) is 0. The standard InChI is InChI=1S/C10H15N3S2/c1-8(4-11)6-14-7-9-5-13-2-3-15-10(13)12-9/h2-3,5,8H,4,6-7,11H2,1H3. The van der Waals surface area contributed by atoms with Crippen molar-refractivity contribution in [1.29, 1.82) is 0 Å². The Kier molecular flexibility index (Phi) is 3.66. The lowest BCUT2D eigenvalue weighted by Crippen LogP contribution is -2.12. The molecule has 0 bridgehead atoms. The van der Waals surface area contributed by atoms with Gasteiger partial charge >= 0.3 is 0 Å². The molecular weight excluding hydrogens is 226 g/mol. The number of nitrogens with zero attached hydrogens (tertiary/aromatic N) is 2. The summed E-state index contributed by atoms with van der Waals surface area (Å²) in [5.41, 5.74) is 6.73. The Bertz CT molecular complexity index is 392. The lowest BCUT2D eigenvalue weighted by Gasteiger charge is -2.05. The first-order valence-electron chi connectivity index (χ1n) is 4.98. The number of fused-ring (bicyclic) bond motifs is 1. The molecule has 0 aliphatic rings. The Morgan fingerprint density at radius 1 is 1.67 bits per heavy atom. The van der Waals surface area contributed by atoms with Crippen molar-refractivity contribution in [1.82, 2.24) is 9.38 Å². The smallest absolute Gasteiger partial charge is 0.193 e. The number of nitrogens with two attached hydrogens (primary N) is 1. The fourth-order valence-electron chi connectivity index (χ4n) is 1.28. The molecule has 0 amide bonds. The number of thioether (sulfide) groups is 1. The van der Waals surface area contributed by atoms with E-state index < -0.39 is 0 Å². The highest BCUT2D eigenvalue weighted by Gasteiger charge is 2.04. The maximum atomic E-state index is 5.56. The zero-order valence-corrected chi connectivity index (χ0v) is 10.4. The van der Waals surface area contributed by atoms with Crippen LogP contribution in [0, 0.1) is 5.92 Å². The Balaban J connectivity index is 1.87. The number of imidazole rings is 1. The monoisotopic (exact) mass is 241 g/mol. The Morgan fingerprint density at radius 3 is 3.27 bits per heavy atom. The first kappa shape index (κ1) is 11.0. The number of aromatic nitrogens is 2. The van der Waals surface area contributed by atoms with Gasteiger partial charge in [-0.15, -0.1) is 11.3 Å². The Hall–Kier alpha value is -0.520. The van der Waals surface area contributed by atoms with Crippen LogP contribution >= 0.6 is 23.1 Å². The minimum atomic E-state index is 0.596. The van der Waals surface area contributed by atoms with Crippen molar-refractivity contribution in [2.75, 3.05) is 12.3 Å². The summed E-state index contributed by atoms with van der Waals surface area (Å²) in [6.07, 6.45) is 4.15. The van der Waals surface area contributed by atoms with Gasteiger partial charge in [-0.05, 0) is 18.2 Å². The Labute approximate surface area is 97.7 Å². The van der Waals surface area contributed by atoms with Gasteiger partial charge in [0.25, 0.3) is 0 Å². The summed E-state index contributed by atoms with van der Waals surface area (Å²) in [4.78, 5) is 5.61. The number of rotatable bonds is 5. The van der Waals surface area contributed by atoms with E-state index in [0.717, 1.165) is 28.7 Å². The first-order valence-corrected chi connectivity index (χ1v) is 7.02. The van der Waals surface area contributed by atoms with Gasteiger partial charge in [0, 0.05) is 23.5 Å². The van der Waals surface area contributed by atoms with E-state index in [2.05, 4.69) is 27.9 Å². The average Bonchev–Trinajstić information content (AvgIpc) is 2.77. The van der Waals surface area contributed by atoms with Crippen molar-refractivity contribution in [3.05, 3.63) is 23.5 Å². The molecule has 2 aromatic rings. The van der Waals surface area contributed by atoms with Gasteiger partial charge in [-0.2, -0.15) is 11.8 Å². The van der Waals surface area contributed by atoms with E-state index in [1.165, 1.54) is 0 Å². The van der Waals surface area contributed by atoms with Gasteiger partial charge in [0.05, 0.1) is 5.69 Å². The predicted octanol–water partition coefficient (Wildman–Crippen LogP) is 2.22. The molecule has 2 heterocycles. The van der Waals surface area contributed by atoms with Crippen LogP contribution in [0.3, 0.4) is 0 Å². The van der Waals surface area contributed by atoms with E-state index in [1.807, 2.05) is 18.0 Å². The molecule has 0 spiro atoms. The van der Waals surface area contributed by atoms with Crippen LogP contribution in [0.5, 0.6) is 0 Å². The fraction of sp³-hybridized carbons (Fsp3) is 0.500. The fourth-order valence-corrected chi connectivity index (χ4v) is 3.00. The van der Waals surface area contributed by atoms with Gasteiger partial charge in [-0.25, -0.2) is 4.98 Å². The van der Waals surface area contributed by atoms with Crippen molar-refractivity contribution >= 4 is 28.1 Å². The van der Waals surface area contributed by atoms with Gasteiger partial charge in [0.1, 0.15) is 0 Å². The molecule has 2 aromatic heterocycles. The van der Waals surface area contributed by atoms with E-state index in [-0.39, 0.29) is 0 Å². The van der Waals surface area contributed by atoms with Crippen LogP contribution in [0.4, 0.5) is 0 Å². The van der Waals surface area contributed by atoms with Crippen molar-refractivity contribution < 1.29 is 0 Å². The molecule has 2 rings (SSSR count). The summed E-state index contributed by atoms with van der Waals surface area (Å²) in [6.45, 7) is 2.95. The minimum absolute atomic E-state index is 0.596. The van der Waals surface area contributed by atoms with Crippen LogP contribution < -0.4 is 5.73 Å². The molecule has 0 radical (unpaired) electrons. The average molecular weight is 241 g/mol. The molecule has 0 aromatic carbocycles. The van der Waals surface area contributed by atoms with E-state index in [9.17, 15) is 0 Å². The molecule has 0 saturated carbocycles. The zero-order chi connectivity index (χ0) is 10.7. The third-order valence-electron chi connectivity index (χ3n) is 2.20. The second kappa shape index (κ2) is 5.01. The van der Waals surface area contributed by atoms with E-state index in [1.54, 1.807) is 11.3 Å². The van der Waals surface area contributed by atoms with Crippen LogP contribution in [-0.2, 0) is 5.75 Å². The van der Waals surface area contributed by atoms with Gasteiger partial charge in [0.2, 0.25) is 0 Å². The molecule has 1 atom stereocenters. The van der Waals surface area contributed by atoms with Crippen molar-refractivity contribution in [2.24, 2.45) is 11.7 Å². The normalized spacial score (nSPS) is 13.5. The molecule has 2 N–H and O–H groups in total. The van der Waals surface area contributed by atoms with Gasteiger partial charge in [-0.1, -0.05) is 6.92 Å². The maximum Gasteiger partial charge on any atom is 0.193 e. The van der Waals surface area contributed by atoms with Crippen LogP contribution in [0.1, 0.15) is 12.6 Å². The van der Waals surface area contributed by atoms with Crippen molar-refractivity contribution in [3.8, 4) is 0 Å². The van der Waals surface area contributed by atoms with Crippen molar-refractivity contribution in [2.45, 2.75) is 12.7 Å². The predicted molar refractivity (Wildman–Crippen MR) is 67.4 cm³/mol. The summed E-state index contributed by atoms with van der Waals surface area (Å²) in [5.74, 6) is 2.69. The topological polar surface area (TPSA) is 43.3 Å². The number of hydrogen-bond acceptors (Lipinski definition) is 4. The summed E-state index contributed by atoms with van der Waals surface area (Å²) >= 11 is 3.58. The highest BCUT2D eigenvalue weighted by Crippen LogP contribution is 2.17. The van der Waals surface area contributed by atoms with Crippen LogP contribution in [-0.4, -0.2) is 21.7 Å². The first-order chi connectivity index (χ1) is 7.29. The minimum Gasteiger partial charge on any atom is -0.330 e. The zero-order valence-electron chi connectivity index (χ0n) is 8.72. The lowest BCUT2D eigenvalue weighted by molar-refractivity contribution is 0.675. The van der Waals surface area contributed by atoms with Crippen LogP contribution in [0.25, 0.3) is 4.96 Å². The molecule has 0 aliphatic heterocycles. The third kappa shape index (κ3) is 2.74. The second-order valence-corrected chi connectivity index (χ2v) is 5.58. The van der Waals surface area contributed by atoms with Crippen LogP contribution in [0.15, 0.2) is 17.8 Å². The number of thiazole rings is 1. The summed E-state index contributed by atoms with van der Waals surface area (Å²) < 4.78 is 2.08. The SMILES string of the molecule is CC(CN)CSCc1cn2ccsc2n1. The molecule has 3 nitrogen and oxygen atoms in total. The van der Waals surface area contributed by atoms with E-state index in [4.69, 9.17) is 5.73 Å². The maximum absolute atomic E-state index is 5.56. The third-order valence-corrected chi connectivity index (χ3v) is 4.27. The van der Waals surface area contributed by atoms with Gasteiger partial charge in [-0.3, -0.25) is 4.40 Å². The largest absolute Gasteiger partial charge is 0.330 e. The molecule has 0 saturated heterocycles. The molecule has 15 heavy (non-hydrogen) atoms. The van der Waals surface area contributed by atoms with Gasteiger partial charge in [0.15, 0.2) is 4.96 Å². The number of hydrogen-bond donors (Lipinski definition) is 1. The molecule has 0 fully saturated rings. The second-order valence-electron chi connectivity index (χ2n) is 3.68. The highest BCUT2D eigenvalue weighted by molar-refractivity contribution is 7.98. The van der Waals surface area contributed by atoms with Gasteiger partial charge < -0.3 is 5.73 Å². The highest BCUT2D eigenvalue weighted by atomic mass is 32.2. The molecular formula is C10H15N3S2. The van der Waals surface area contributed by atoms with Crippen molar-refractivity contribution in [3.63, 3.8) is 0 Å². The van der Waals surface area contributed by atoms with Crippen LogP contribution in [0.2, 0.25) is 0 Å². The Morgan fingerprint density at radius 2 is 2.53 bits per heavy atom. The summed E-state index contributed by atoms with van der Waals surface area (Å²) in [7, 11) is 0. The molecule has 0 aliphatic carbocycles. The molecule has 82 valence electrons. The molecule has 1 unspecified atom stereocenters. The van der Waals surface area contributed by atoms with E-state index >= 15 is 0 Å².